The molecule has 4 nitrogen and oxygen atoms in total. The van der Waals surface area contributed by atoms with E-state index in [1.54, 1.807) is 7.11 Å². The highest BCUT2D eigenvalue weighted by Crippen LogP contribution is 2.23. The molecule has 1 unspecified atom stereocenters. The lowest BCUT2D eigenvalue weighted by molar-refractivity contribution is 0.391. The highest BCUT2D eigenvalue weighted by Gasteiger charge is 2.16. The van der Waals surface area contributed by atoms with Crippen LogP contribution in [0.5, 0.6) is 5.75 Å². The molecule has 1 N–H and O–H groups in total. The average molecular weight is 253 g/mol. The summed E-state index contributed by atoms with van der Waals surface area (Å²) in [7, 11) is 1.71. The third-order valence-corrected chi connectivity index (χ3v) is 2.99. The molecule has 1 atom stereocenters. The van der Waals surface area contributed by atoms with Crippen molar-refractivity contribution in [1.29, 1.82) is 0 Å². The third kappa shape index (κ3) is 4.02. The molecule has 0 fully saturated rings. The van der Waals surface area contributed by atoms with Gasteiger partial charge < -0.3 is 10.1 Å². The Balaban J connectivity index is 2.72. The van der Waals surface area contributed by atoms with E-state index in [9.17, 15) is 0 Å². The second-order valence-electron chi connectivity index (χ2n) is 5.57. The van der Waals surface area contributed by atoms with Crippen molar-refractivity contribution in [3.05, 3.63) is 11.9 Å². The summed E-state index contributed by atoms with van der Waals surface area (Å²) in [5.74, 6) is 1.47. The Morgan fingerprint density at radius 2 is 1.94 bits per heavy atom. The van der Waals surface area contributed by atoms with Crippen molar-refractivity contribution < 1.29 is 4.74 Å². The molecule has 0 aliphatic heterocycles. The molecule has 104 valence electrons. The summed E-state index contributed by atoms with van der Waals surface area (Å²) < 4.78 is 7.46. The van der Waals surface area contributed by atoms with E-state index in [4.69, 9.17) is 4.74 Å². The highest BCUT2D eigenvalue weighted by atomic mass is 16.5. The van der Waals surface area contributed by atoms with Gasteiger partial charge in [0, 0.05) is 12.1 Å². The van der Waals surface area contributed by atoms with Crippen LogP contribution in [0.3, 0.4) is 0 Å². The Morgan fingerprint density at radius 3 is 2.44 bits per heavy atom. The first-order chi connectivity index (χ1) is 8.45. The fourth-order valence-electron chi connectivity index (χ4n) is 2.02. The minimum absolute atomic E-state index is 0.370. The van der Waals surface area contributed by atoms with Crippen LogP contribution in [-0.4, -0.2) is 29.5 Å². The van der Waals surface area contributed by atoms with Gasteiger partial charge in [0.15, 0.2) is 5.75 Å². The third-order valence-electron chi connectivity index (χ3n) is 2.99. The maximum absolute atomic E-state index is 5.40. The predicted molar refractivity (Wildman–Crippen MR) is 75.2 cm³/mol. The van der Waals surface area contributed by atoms with Crippen LogP contribution in [0.1, 0.15) is 46.4 Å². The largest absolute Gasteiger partial charge is 0.493 e. The maximum atomic E-state index is 5.40. The van der Waals surface area contributed by atoms with Crippen LogP contribution in [0.15, 0.2) is 6.20 Å². The monoisotopic (exact) mass is 253 g/mol. The Hall–Kier alpha value is -1.03. The van der Waals surface area contributed by atoms with Crippen LogP contribution < -0.4 is 10.1 Å². The van der Waals surface area contributed by atoms with Crippen LogP contribution in [0.25, 0.3) is 0 Å². The molecule has 0 spiro atoms. The summed E-state index contributed by atoms with van der Waals surface area (Å²) in [6.07, 6.45) is 2.80. The van der Waals surface area contributed by atoms with E-state index in [-0.39, 0.29) is 0 Å². The van der Waals surface area contributed by atoms with E-state index in [1.807, 2.05) is 6.20 Å². The van der Waals surface area contributed by atoms with Gasteiger partial charge in [-0.05, 0) is 32.7 Å². The maximum Gasteiger partial charge on any atom is 0.159 e. The Kier molecular flexibility index (Phi) is 5.66. The molecule has 0 aliphatic rings. The lowest BCUT2D eigenvalue weighted by Gasteiger charge is -2.18. The summed E-state index contributed by atoms with van der Waals surface area (Å²) in [4.78, 5) is 0. The van der Waals surface area contributed by atoms with Crippen molar-refractivity contribution in [1.82, 2.24) is 15.1 Å². The quantitative estimate of drug-likeness (QED) is 0.812. The van der Waals surface area contributed by atoms with Gasteiger partial charge in [0.25, 0.3) is 0 Å². The zero-order valence-corrected chi connectivity index (χ0v) is 12.5. The number of hydrogen-bond acceptors (Lipinski definition) is 3. The molecule has 0 bridgehead atoms. The second kappa shape index (κ2) is 6.78. The van der Waals surface area contributed by atoms with Crippen LogP contribution in [0.4, 0.5) is 0 Å². The van der Waals surface area contributed by atoms with Gasteiger partial charge in [-0.15, -0.1) is 0 Å². The molecule has 0 saturated heterocycles. The first-order valence-corrected chi connectivity index (χ1v) is 6.79. The van der Waals surface area contributed by atoms with E-state index >= 15 is 0 Å². The number of rotatable bonds is 7. The van der Waals surface area contributed by atoms with Crippen molar-refractivity contribution in [3.63, 3.8) is 0 Å². The normalized spacial score (nSPS) is 13.3. The molecular weight excluding hydrogens is 226 g/mol. The molecule has 18 heavy (non-hydrogen) atoms. The molecule has 0 aromatic carbocycles. The van der Waals surface area contributed by atoms with Crippen LogP contribution >= 0.6 is 0 Å². The van der Waals surface area contributed by atoms with Crippen molar-refractivity contribution in [3.8, 4) is 5.75 Å². The molecule has 0 amide bonds. The summed E-state index contributed by atoms with van der Waals surface area (Å²) >= 11 is 0. The Bertz CT molecular complexity index is 358. The first-order valence-electron chi connectivity index (χ1n) is 6.79. The van der Waals surface area contributed by atoms with Gasteiger partial charge in [-0.1, -0.05) is 20.8 Å². The standard InChI is InChI=1S/C14H27N3O/c1-10(2)15-8-12(5)7-13-14(18-6)9-16-17(13)11(3)4/h9-12,15H,7-8H2,1-6H3. The molecule has 0 saturated carbocycles. The second-order valence-corrected chi connectivity index (χ2v) is 5.57. The molecule has 0 radical (unpaired) electrons. The summed E-state index contributed by atoms with van der Waals surface area (Å²) in [5.41, 5.74) is 1.20. The van der Waals surface area contributed by atoms with E-state index < -0.39 is 0 Å². The Labute approximate surface area is 111 Å². The fraction of sp³-hybridized carbons (Fsp3) is 0.786. The Morgan fingerprint density at radius 1 is 1.28 bits per heavy atom. The molecule has 1 aromatic rings. The summed E-state index contributed by atoms with van der Waals surface area (Å²) in [6.45, 7) is 11.9. The number of aromatic nitrogens is 2. The van der Waals surface area contributed by atoms with Crippen molar-refractivity contribution in [2.45, 2.75) is 53.1 Å². The smallest absolute Gasteiger partial charge is 0.159 e. The van der Waals surface area contributed by atoms with E-state index in [1.165, 1.54) is 5.69 Å². The van der Waals surface area contributed by atoms with Crippen LogP contribution in [-0.2, 0) is 6.42 Å². The molecule has 0 aliphatic carbocycles. The lowest BCUT2D eigenvalue weighted by Crippen LogP contribution is -2.29. The lowest BCUT2D eigenvalue weighted by atomic mass is 10.0. The van der Waals surface area contributed by atoms with E-state index in [0.29, 0.717) is 18.0 Å². The zero-order valence-electron chi connectivity index (χ0n) is 12.5. The van der Waals surface area contributed by atoms with Crippen molar-refractivity contribution >= 4 is 0 Å². The van der Waals surface area contributed by atoms with Crippen molar-refractivity contribution in [2.75, 3.05) is 13.7 Å². The van der Waals surface area contributed by atoms with Crippen LogP contribution in [0, 0.1) is 5.92 Å². The van der Waals surface area contributed by atoms with Crippen molar-refractivity contribution in [2.24, 2.45) is 5.92 Å². The minimum atomic E-state index is 0.370. The summed E-state index contributed by atoms with van der Waals surface area (Å²) in [6, 6.07) is 0.901. The summed E-state index contributed by atoms with van der Waals surface area (Å²) in [5, 5.41) is 7.88. The number of nitrogens with zero attached hydrogens (tertiary/aromatic N) is 2. The first kappa shape index (κ1) is 15.0. The van der Waals surface area contributed by atoms with Gasteiger partial charge in [-0.25, -0.2) is 0 Å². The minimum Gasteiger partial charge on any atom is -0.493 e. The molecular formula is C14H27N3O. The molecule has 1 heterocycles. The highest BCUT2D eigenvalue weighted by molar-refractivity contribution is 5.26. The van der Waals surface area contributed by atoms with Gasteiger partial charge in [0.05, 0.1) is 19.0 Å². The molecule has 4 heteroatoms. The number of methoxy groups -OCH3 is 1. The van der Waals surface area contributed by atoms with Gasteiger partial charge >= 0.3 is 0 Å². The fourth-order valence-corrected chi connectivity index (χ4v) is 2.02. The number of ether oxygens (including phenoxy) is 1. The molecule has 1 aromatic heterocycles. The van der Waals surface area contributed by atoms with Crippen LogP contribution in [0.2, 0.25) is 0 Å². The topological polar surface area (TPSA) is 39.1 Å². The number of nitrogens with one attached hydrogen (secondary N) is 1. The SMILES string of the molecule is COc1cnn(C(C)C)c1CC(C)CNC(C)C. The van der Waals surface area contributed by atoms with Gasteiger partial charge in [0.2, 0.25) is 0 Å². The number of hydrogen-bond donors (Lipinski definition) is 1. The van der Waals surface area contributed by atoms with E-state index in [2.05, 4.69) is 49.7 Å². The average Bonchev–Trinajstić information content (AvgIpc) is 2.69. The van der Waals surface area contributed by atoms with Gasteiger partial charge in [-0.2, -0.15) is 5.10 Å². The van der Waals surface area contributed by atoms with Gasteiger partial charge in [0.1, 0.15) is 0 Å². The van der Waals surface area contributed by atoms with E-state index in [0.717, 1.165) is 18.7 Å². The zero-order chi connectivity index (χ0) is 13.7. The van der Waals surface area contributed by atoms with Gasteiger partial charge in [-0.3, -0.25) is 4.68 Å². The molecule has 1 rings (SSSR count). The predicted octanol–water partition coefficient (Wildman–Crippen LogP) is 2.65.